The van der Waals surface area contributed by atoms with E-state index < -0.39 is 0 Å². The predicted molar refractivity (Wildman–Crippen MR) is 120 cm³/mol. The molecule has 2 rings (SSSR count). The Morgan fingerprint density at radius 1 is 1.00 bits per heavy atom. The van der Waals surface area contributed by atoms with E-state index >= 15 is 0 Å². The van der Waals surface area contributed by atoms with Gasteiger partial charge in [-0.25, -0.2) is 0 Å². The third kappa shape index (κ3) is 7.31. The lowest BCUT2D eigenvalue weighted by molar-refractivity contribution is 0.0977. The number of carbonyl (C=O) groups is 1. The molecule has 0 fully saturated rings. The first kappa shape index (κ1) is 21.9. The van der Waals surface area contributed by atoms with Crippen molar-refractivity contribution in [2.45, 2.75) is 52.4 Å². The second-order valence-electron chi connectivity index (χ2n) is 7.12. The molecule has 2 N–H and O–H groups in total. The number of unbranched alkanes of at least 4 members (excludes halogenated alkanes) is 3. The van der Waals surface area contributed by atoms with E-state index in [1.807, 2.05) is 48.5 Å². The predicted octanol–water partition coefficient (Wildman–Crippen LogP) is 5.90. The van der Waals surface area contributed by atoms with Crippen LogP contribution in [0.4, 0.5) is 5.69 Å². The summed E-state index contributed by atoms with van der Waals surface area (Å²) < 4.78 is 5.73. The second-order valence-corrected chi connectivity index (χ2v) is 7.53. The molecule has 0 bridgehead atoms. The number of hydrogen-bond acceptors (Lipinski definition) is 3. The van der Waals surface area contributed by atoms with E-state index in [1.54, 1.807) is 0 Å². The molecule has 0 aliphatic rings. The van der Waals surface area contributed by atoms with Gasteiger partial charge in [-0.3, -0.25) is 10.1 Å². The number of benzene rings is 2. The summed E-state index contributed by atoms with van der Waals surface area (Å²) in [6, 6.07) is 15.1. The monoisotopic (exact) mass is 398 g/mol. The van der Waals surface area contributed by atoms with Crippen LogP contribution in [0.15, 0.2) is 48.5 Å². The van der Waals surface area contributed by atoms with Gasteiger partial charge in [0.05, 0.1) is 6.61 Å². The minimum Gasteiger partial charge on any atom is -0.494 e. The number of ether oxygens (including phenoxy) is 1. The summed E-state index contributed by atoms with van der Waals surface area (Å²) in [7, 11) is 0. The topological polar surface area (TPSA) is 50.4 Å². The summed E-state index contributed by atoms with van der Waals surface area (Å²) in [5.41, 5.74) is 2.59. The Labute approximate surface area is 173 Å². The Balaban J connectivity index is 1.79. The molecule has 0 unspecified atom stereocenters. The van der Waals surface area contributed by atoms with E-state index in [2.05, 4.69) is 31.4 Å². The van der Waals surface area contributed by atoms with Crippen LogP contribution in [0.5, 0.6) is 5.75 Å². The molecular weight excluding hydrogens is 368 g/mol. The van der Waals surface area contributed by atoms with E-state index in [1.165, 1.54) is 24.8 Å². The highest BCUT2D eigenvalue weighted by molar-refractivity contribution is 7.80. The minimum absolute atomic E-state index is 0.222. The average molecular weight is 399 g/mol. The summed E-state index contributed by atoms with van der Waals surface area (Å²) in [5, 5.41) is 6.01. The van der Waals surface area contributed by atoms with Gasteiger partial charge >= 0.3 is 0 Å². The van der Waals surface area contributed by atoms with Crippen LogP contribution in [0.3, 0.4) is 0 Å². The van der Waals surface area contributed by atoms with Crippen molar-refractivity contribution in [2.75, 3.05) is 11.9 Å². The molecule has 0 aliphatic heterocycles. The first-order chi connectivity index (χ1) is 13.5. The van der Waals surface area contributed by atoms with Crippen molar-refractivity contribution in [3.8, 4) is 5.75 Å². The Kier molecular flexibility index (Phi) is 8.95. The quantitative estimate of drug-likeness (QED) is 0.408. The van der Waals surface area contributed by atoms with Crippen molar-refractivity contribution in [3.05, 3.63) is 59.7 Å². The van der Waals surface area contributed by atoms with Crippen LogP contribution in [0.2, 0.25) is 0 Å². The van der Waals surface area contributed by atoms with Crippen LogP contribution < -0.4 is 15.4 Å². The number of thiocarbonyl (C=S) groups is 1. The third-order valence-corrected chi connectivity index (χ3v) is 4.65. The number of carbonyl (C=O) groups excluding carboxylic acids is 1. The molecule has 2 aromatic rings. The van der Waals surface area contributed by atoms with Gasteiger partial charge in [-0.2, -0.15) is 0 Å². The Hall–Kier alpha value is -2.40. The van der Waals surface area contributed by atoms with Gasteiger partial charge in [0.15, 0.2) is 5.11 Å². The van der Waals surface area contributed by atoms with Gasteiger partial charge in [0.25, 0.3) is 5.91 Å². The van der Waals surface area contributed by atoms with Crippen molar-refractivity contribution in [2.24, 2.45) is 0 Å². The molecule has 0 atom stereocenters. The average Bonchev–Trinajstić information content (AvgIpc) is 2.69. The lowest BCUT2D eigenvalue weighted by Gasteiger charge is -2.11. The summed E-state index contributed by atoms with van der Waals surface area (Å²) in [4.78, 5) is 12.3. The largest absolute Gasteiger partial charge is 0.494 e. The van der Waals surface area contributed by atoms with Gasteiger partial charge in [0, 0.05) is 11.3 Å². The van der Waals surface area contributed by atoms with Gasteiger partial charge in [-0.1, -0.05) is 52.2 Å². The molecule has 150 valence electrons. The maximum Gasteiger partial charge on any atom is 0.257 e. The molecule has 0 radical (unpaired) electrons. The Morgan fingerprint density at radius 3 is 2.29 bits per heavy atom. The SMILES string of the molecule is CCCCCCOc1ccc(NC(=S)NC(=O)c2ccc(C(C)C)cc2)cc1. The molecule has 5 heteroatoms. The number of rotatable bonds is 9. The van der Waals surface area contributed by atoms with Crippen molar-refractivity contribution in [3.63, 3.8) is 0 Å². The zero-order valence-corrected chi connectivity index (χ0v) is 17.8. The zero-order valence-electron chi connectivity index (χ0n) is 17.0. The number of anilines is 1. The fraction of sp³-hybridized carbons (Fsp3) is 0.391. The van der Waals surface area contributed by atoms with E-state index in [0.29, 0.717) is 11.5 Å². The number of hydrogen-bond donors (Lipinski definition) is 2. The fourth-order valence-corrected chi connectivity index (χ4v) is 2.92. The summed E-state index contributed by atoms with van der Waals surface area (Å²) in [5.74, 6) is 1.05. The molecule has 0 heterocycles. The van der Waals surface area contributed by atoms with Crippen molar-refractivity contribution in [1.82, 2.24) is 5.32 Å². The van der Waals surface area contributed by atoms with E-state index in [4.69, 9.17) is 17.0 Å². The fourth-order valence-electron chi connectivity index (χ4n) is 2.71. The van der Waals surface area contributed by atoms with E-state index in [-0.39, 0.29) is 11.0 Å². The van der Waals surface area contributed by atoms with Crippen molar-refractivity contribution in [1.29, 1.82) is 0 Å². The summed E-state index contributed by atoms with van der Waals surface area (Å²) >= 11 is 5.25. The van der Waals surface area contributed by atoms with Gasteiger partial charge in [0.2, 0.25) is 0 Å². The highest BCUT2D eigenvalue weighted by atomic mass is 32.1. The second kappa shape index (κ2) is 11.4. The lowest BCUT2D eigenvalue weighted by Crippen LogP contribution is -2.34. The Bertz CT molecular complexity index is 755. The highest BCUT2D eigenvalue weighted by Gasteiger charge is 2.09. The van der Waals surface area contributed by atoms with Gasteiger partial charge in [0.1, 0.15) is 5.75 Å². The smallest absolute Gasteiger partial charge is 0.257 e. The molecule has 0 saturated heterocycles. The van der Waals surface area contributed by atoms with Crippen LogP contribution in [-0.4, -0.2) is 17.6 Å². The van der Waals surface area contributed by atoms with Gasteiger partial charge < -0.3 is 10.1 Å². The zero-order chi connectivity index (χ0) is 20.4. The molecule has 0 saturated carbocycles. The molecule has 0 aliphatic carbocycles. The van der Waals surface area contributed by atoms with Gasteiger partial charge in [-0.05, 0) is 66.5 Å². The molecular formula is C23H30N2O2S. The van der Waals surface area contributed by atoms with Crippen LogP contribution in [0, 0.1) is 0 Å². The number of nitrogens with one attached hydrogen (secondary N) is 2. The maximum atomic E-state index is 12.3. The van der Waals surface area contributed by atoms with Crippen molar-refractivity contribution < 1.29 is 9.53 Å². The lowest BCUT2D eigenvalue weighted by atomic mass is 10.0. The van der Waals surface area contributed by atoms with Crippen LogP contribution in [0.25, 0.3) is 0 Å². The summed E-state index contributed by atoms with van der Waals surface area (Å²) in [6.07, 6.45) is 4.74. The standard InChI is InChI=1S/C23H30N2O2S/c1-4-5-6-7-16-27-21-14-12-20(13-15-21)24-23(28)25-22(26)19-10-8-18(9-11-19)17(2)3/h8-15,17H,4-7,16H2,1-3H3,(H2,24,25,26,28). The first-order valence-electron chi connectivity index (χ1n) is 9.94. The molecule has 4 nitrogen and oxygen atoms in total. The first-order valence-corrected chi connectivity index (χ1v) is 10.4. The molecule has 1 amide bonds. The number of amides is 1. The van der Waals surface area contributed by atoms with Crippen molar-refractivity contribution >= 4 is 28.9 Å². The molecule has 28 heavy (non-hydrogen) atoms. The highest BCUT2D eigenvalue weighted by Crippen LogP contribution is 2.17. The molecule has 0 spiro atoms. The minimum atomic E-state index is -0.222. The van der Waals surface area contributed by atoms with Crippen LogP contribution in [-0.2, 0) is 0 Å². The van der Waals surface area contributed by atoms with Crippen LogP contribution >= 0.6 is 12.2 Å². The summed E-state index contributed by atoms with van der Waals surface area (Å²) in [6.45, 7) is 7.17. The van der Waals surface area contributed by atoms with E-state index in [0.717, 1.165) is 24.5 Å². The van der Waals surface area contributed by atoms with Crippen LogP contribution in [0.1, 0.15) is 68.3 Å². The molecule has 2 aromatic carbocycles. The Morgan fingerprint density at radius 2 is 1.68 bits per heavy atom. The normalized spacial score (nSPS) is 10.6. The maximum absolute atomic E-state index is 12.3. The third-order valence-electron chi connectivity index (χ3n) is 4.45. The van der Waals surface area contributed by atoms with Gasteiger partial charge in [-0.15, -0.1) is 0 Å². The molecule has 0 aromatic heterocycles. The van der Waals surface area contributed by atoms with E-state index in [9.17, 15) is 4.79 Å².